The standard InChI is InChI=1S/C22H24O5/c1-5-27-20-13-9-17(15-22(20)26-4)7-11-18(23)10-6-16-8-12-19(24-2)21(14-16)25-3/h6-15H,5H2,1-4H3/b10-6+,11-7+. The third-order valence-corrected chi connectivity index (χ3v) is 3.78. The maximum atomic E-state index is 12.1. The summed E-state index contributed by atoms with van der Waals surface area (Å²) in [5, 5.41) is 0. The predicted molar refractivity (Wildman–Crippen MR) is 107 cm³/mol. The molecule has 2 rings (SSSR count). The first-order chi connectivity index (χ1) is 13.1. The highest BCUT2D eigenvalue weighted by molar-refractivity contribution is 6.04. The van der Waals surface area contributed by atoms with Gasteiger partial charge in [-0.15, -0.1) is 0 Å². The van der Waals surface area contributed by atoms with Gasteiger partial charge in [0.25, 0.3) is 0 Å². The summed E-state index contributed by atoms with van der Waals surface area (Å²) < 4.78 is 21.3. The minimum absolute atomic E-state index is 0.127. The summed E-state index contributed by atoms with van der Waals surface area (Å²) in [6.45, 7) is 2.47. The van der Waals surface area contributed by atoms with Gasteiger partial charge in [0.1, 0.15) is 0 Å². The van der Waals surface area contributed by atoms with Gasteiger partial charge in [-0.25, -0.2) is 0 Å². The number of methoxy groups -OCH3 is 3. The van der Waals surface area contributed by atoms with Crippen LogP contribution in [0, 0.1) is 0 Å². The maximum absolute atomic E-state index is 12.1. The van der Waals surface area contributed by atoms with Crippen LogP contribution in [-0.2, 0) is 4.79 Å². The molecule has 2 aromatic rings. The van der Waals surface area contributed by atoms with Crippen molar-refractivity contribution in [2.24, 2.45) is 0 Å². The van der Waals surface area contributed by atoms with Gasteiger partial charge in [0.05, 0.1) is 27.9 Å². The van der Waals surface area contributed by atoms with Crippen LogP contribution in [0.25, 0.3) is 12.2 Å². The lowest BCUT2D eigenvalue weighted by molar-refractivity contribution is -0.110. The van der Waals surface area contributed by atoms with Crippen molar-refractivity contribution in [2.45, 2.75) is 6.92 Å². The van der Waals surface area contributed by atoms with Gasteiger partial charge in [0.15, 0.2) is 28.8 Å². The summed E-state index contributed by atoms with van der Waals surface area (Å²) in [7, 11) is 4.74. The molecule has 0 N–H and O–H groups in total. The molecule has 0 bridgehead atoms. The zero-order valence-corrected chi connectivity index (χ0v) is 16.0. The van der Waals surface area contributed by atoms with Crippen LogP contribution in [-0.4, -0.2) is 33.7 Å². The van der Waals surface area contributed by atoms with Gasteiger partial charge in [-0.05, 0) is 54.5 Å². The van der Waals surface area contributed by atoms with Crippen LogP contribution in [0.2, 0.25) is 0 Å². The highest BCUT2D eigenvalue weighted by Crippen LogP contribution is 2.29. The fraction of sp³-hybridized carbons (Fsp3) is 0.227. The Labute approximate surface area is 159 Å². The molecule has 27 heavy (non-hydrogen) atoms. The Bertz CT molecular complexity index is 837. The van der Waals surface area contributed by atoms with Crippen molar-refractivity contribution in [1.29, 1.82) is 0 Å². The molecule has 0 saturated carbocycles. The Hall–Kier alpha value is -3.21. The second kappa shape index (κ2) is 10.1. The molecule has 0 radical (unpaired) electrons. The lowest BCUT2D eigenvalue weighted by atomic mass is 10.1. The fourth-order valence-electron chi connectivity index (χ4n) is 2.43. The number of carbonyl (C=O) groups excluding carboxylic acids is 1. The van der Waals surface area contributed by atoms with Crippen LogP contribution in [0.4, 0.5) is 0 Å². The van der Waals surface area contributed by atoms with Gasteiger partial charge in [-0.2, -0.15) is 0 Å². The van der Waals surface area contributed by atoms with E-state index >= 15 is 0 Å². The maximum Gasteiger partial charge on any atom is 0.178 e. The number of carbonyl (C=O) groups is 1. The lowest BCUT2D eigenvalue weighted by Crippen LogP contribution is -1.95. The molecule has 0 aliphatic heterocycles. The zero-order valence-electron chi connectivity index (χ0n) is 16.0. The van der Waals surface area contributed by atoms with Crippen molar-refractivity contribution >= 4 is 17.9 Å². The number of hydrogen-bond acceptors (Lipinski definition) is 5. The van der Waals surface area contributed by atoms with Crippen molar-refractivity contribution in [1.82, 2.24) is 0 Å². The summed E-state index contributed by atoms with van der Waals surface area (Å²) in [4.78, 5) is 12.1. The van der Waals surface area contributed by atoms with Crippen LogP contribution >= 0.6 is 0 Å². The van der Waals surface area contributed by atoms with Gasteiger partial charge in [-0.1, -0.05) is 24.3 Å². The Kier molecular flexibility index (Phi) is 7.49. The monoisotopic (exact) mass is 368 g/mol. The molecule has 0 atom stereocenters. The van der Waals surface area contributed by atoms with E-state index in [-0.39, 0.29) is 5.78 Å². The Balaban J connectivity index is 2.07. The lowest BCUT2D eigenvalue weighted by Gasteiger charge is -2.09. The first-order valence-corrected chi connectivity index (χ1v) is 8.54. The minimum Gasteiger partial charge on any atom is -0.493 e. The molecule has 0 saturated heterocycles. The van der Waals surface area contributed by atoms with E-state index < -0.39 is 0 Å². The third-order valence-electron chi connectivity index (χ3n) is 3.78. The van der Waals surface area contributed by atoms with Crippen LogP contribution < -0.4 is 18.9 Å². The summed E-state index contributed by atoms with van der Waals surface area (Å²) in [6, 6.07) is 11.0. The molecule has 0 spiro atoms. The number of rotatable bonds is 9. The molecule has 0 heterocycles. The molecule has 5 heteroatoms. The second-order valence-corrected chi connectivity index (χ2v) is 5.53. The topological polar surface area (TPSA) is 54.0 Å². The normalized spacial score (nSPS) is 11.0. The number of allylic oxidation sites excluding steroid dienone is 2. The Morgan fingerprint density at radius 3 is 1.74 bits per heavy atom. The van der Waals surface area contributed by atoms with E-state index in [1.54, 1.807) is 39.5 Å². The van der Waals surface area contributed by atoms with E-state index in [1.165, 1.54) is 12.2 Å². The van der Waals surface area contributed by atoms with E-state index in [2.05, 4.69) is 0 Å². The Morgan fingerprint density at radius 1 is 0.778 bits per heavy atom. The molecule has 0 aromatic heterocycles. The van der Waals surface area contributed by atoms with Gasteiger partial charge in [-0.3, -0.25) is 4.79 Å². The smallest absolute Gasteiger partial charge is 0.178 e. The van der Waals surface area contributed by atoms with Crippen LogP contribution in [0.1, 0.15) is 18.1 Å². The van der Waals surface area contributed by atoms with Crippen molar-refractivity contribution in [3.8, 4) is 23.0 Å². The van der Waals surface area contributed by atoms with E-state index in [4.69, 9.17) is 18.9 Å². The summed E-state index contributed by atoms with van der Waals surface area (Å²) in [5.41, 5.74) is 1.69. The highest BCUT2D eigenvalue weighted by atomic mass is 16.5. The number of benzene rings is 2. The molecular formula is C22H24O5. The van der Waals surface area contributed by atoms with Gasteiger partial charge >= 0.3 is 0 Å². The number of ketones is 1. The molecule has 0 amide bonds. The van der Waals surface area contributed by atoms with Gasteiger partial charge in [0, 0.05) is 0 Å². The molecule has 142 valence electrons. The van der Waals surface area contributed by atoms with Crippen molar-refractivity contribution < 1.29 is 23.7 Å². The van der Waals surface area contributed by atoms with E-state index in [0.717, 1.165) is 11.1 Å². The molecule has 2 aromatic carbocycles. The van der Waals surface area contributed by atoms with Crippen LogP contribution in [0.15, 0.2) is 48.6 Å². The molecule has 5 nitrogen and oxygen atoms in total. The average molecular weight is 368 g/mol. The highest BCUT2D eigenvalue weighted by Gasteiger charge is 2.04. The number of ether oxygens (including phenoxy) is 4. The summed E-state index contributed by atoms with van der Waals surface area (Å²) >= 11 is 0. The average Bonchev–Trinajstić information content (AvgIpc) is 2.71. The van der Waals surface area contributed by atoms with Crippen molar-refractivity contribution in [3.05, 3.63) is 59.7 Å². The first kappa shape index (κ1) is 20.1. The summed E-state index contributed by atoms with van der Waals surface area (Å²) in [6.07, 6.45) is 6.48. The van der Waals surface area contributed by atoms with E-state index in [0.29, 0.717) is 29.6 Å². The fourth-order valence-corrected chi connectivity index (χ4v) is 2.43. The number of hydrogen-bond donors (Lipinski definition) is 0. The molecule has 0 fully saturated rings. The minimum atomic E-state index is -0.127. The van der Waals surface area contributed by atoms with Gasteiger partial charge < -0.3 is 18.9 Å². The molecule has 0 unspecified atom stereocenters. The van der Waals surface area contributed by atoms with Crippen LogP contribution in [0.3, 0.4) is 0 Å². The Morgan fingerprint density at radius 2 is 1.26 bits per heavy atom. The van der Waals surface area contributed by atoms with E-state index in [1.807, 2.05) is 37.3 Å². The second-order valence-electron chi connectivity index (χ2n) is 5.53. The molecular weight excluding hydrogens is 344 g/mol. The SMILES string of the molecule is CCOc1ccc(/C=C/C(=O)/C=C/c2ccc(OC)c(OC)c2)cc1OC. The van der Waals surface area contributed by atoms with Crippen molar-refractivity contribution in [2.75, 3.05) is 27.9 Å². The molecule has 0 aliphatic rings. The zero-order chi connectivity index (χ0) is 19.6. The predicted octanol–water partition coefficient (Wildman–Crippen LogP) is 4.41. The van der Waals surface area contributed by atoms with Gasteiger partial charge in [0.2, 0.25) is 0 Å². The molecule has 0 aliphatic carbocycles. The quantitative estimate of drug-likeness (QED) is 0.614. The third kappa shape index (κ3) is 5.64. The summed E-state index contributed by atoms with van der Waals surface area (Å²) in [5.74, 6) is 2.44. The first-order valence-electron chi connectivity index (χ1n) is 8.54. The van der Waals surface area contributed by atoms with Crippen LogP contribution in [0.5, 0.6) is 23.0 Å². The van der Waals surface area contributed by atoms with Crippen molar-refractivity contribution in [3.63, 3.8) is 0 Å². The van der Waals surface area contributed by atoms with E-state index in [9.17, 15) is 4.79 Å². The largest absolute Gasteiger partial charge is 0.493 e.